The minimum Gasteiger partial charge on any atom is -0.477 e. The van der Waals surface area contributed by atoms with Gasteiger partial charge in [-0.2, -0.15) is 0 Å². The number of aromatic nitrogens is 1. The summed E-state index contributed by atoms with van der Waals surface area (Å²) in [4.78, 5) is 15.5. The second kappa shape index (κ2) is 3.67. The maximum absolute atomic E-state index is 10.8. The standard InChI is InChI=1S/C9H12N2O2S/c1-5-7(9(12)13)14-8(11-5)6-2-3-10-4-6/h6,10H,2-4H2,1H3,(H,12,13). The quantitative estimate of drug-likeness (QED) is 0.774. The van der Waals surface area contributed by atoms with Gasteiger partial charge in [0.2, 0.25) is 0 Å². The number of thiazole rings is 1. The largest absolute Gasteiger partial charge is 0.477 e. The number of aromatic carboxylic acids is 1. The molecule has 2 rings (SSSR count). The van der Waals surface area contributed by atoms with Crippen LogP contribution >= 0.6 is 11.3 Å². The fourth-order valence-corrected chi connectivity index (χ4v) is 2.70. The van der Waals surface area contributed by atoms with Gasteiger partial charge >= 0.3 is 5.97 Å². The van der Waals surface area contributed by atoms with Gasteiger partial charge in [0, 0.05) is 12.5 Å². The van der Waals surface area contributed by atoms with Gasteiger partial charge in [0.15, 0.2) is 0 Å². The molecule has 0 radical (unpaired) electrons. The van der Waals surface area contributed by atoms with Crippen molar-refractivity contribution in [3.8, 4) is 0 Å². The van der Waals surface area contributed by atoms with Crippen LogP contribution < -0.4 is 5.32 Å². The Balaban J connectivity index is 2.27. The highest BCUT2D eigenvalue weighted by molar-refractivity contribution is 7.13. The molecule has 1 unspecified atom stereocenters. The van der Waals surface area contributed by atoms with Gasteiger partial charge in [-0.3, -0.25) is 0 Å². The zero-order chi connectivity index (χ0) is 10.1. The molecular weight excluding hydrogens is 200 g/mol. The Kier molecular flexibility index (Phi) is 2.52. The fourth-order valence-electron chi connectivity index (χ4n) is 1.66. The summed E-state index contributed by atoms with van der Waals surface area (Å²) in [5.74, 6) is -0.455. The normalized spacial score (nSPS) is 21.4. The van der Waals surface area contributed by atoms with Crippen molar-refractivity contribution >= 4 is 17.3 Å². The van der Waals surface area contributed by atoms with Crippen molar-refractivity contribution in [2.75, 3.05) is 13.1 Å². The summed E-state index contributed by atoms with van der Waals surface area (Å²) in [6, 6.07) is 0. The molecule has 1 fully saturated rings. The molecule has 1 aliphatic rings. The third-order valence-corrected chi connectivity index (χ3v) is 3.72. The highest BCUT2D eigenvalue weighted by Crippen LogP contribution is 2.28. The van der Waals surface area contributed by atoms with Crippen LogP contribution in [0, 0.1) is 6.92 Å². The average molecular weight is 212 g/mol. The third kappa shape index (κ3) is 1.65. The topological polar surface area (TPSA) is 62.2 Å². The van der Waals surface area contributed by atoms with Crippen LogP contribution in [0.3, 0.4) is 0 Å². The monoisotopic (exact) mass is 212 g/mol. The lowest BCUT2D eigenvalue weighted by atomic mass is 10.1. The molecule has 0 aliphatic carbocycles. The van der Waals surface area contributed by atoms with Gasteiger partial charge in [-0.05, 0) is 19.9 Å². The van der Waals surface area contributed by atoms with Crippen LogP contribution in [0.2, 0.25) is 0 Å². The molecule has 1 atom stereocenters. The van der Waals surface area contributed by atoms with Crippen molar-refractivity contribution in [1.82, 2.24) is 10.3 Å². The minimum absolute atomic E-state index is 0.381. The average Bonchev–Trinajstić information content (AvgIpc) is 2.70. The smallest absolute Gasteiger partial charge is 0.347 e. The summed E-state index contributed by atoms with van der Waals surface area (Å²) < 4.78 is 0. The molecule has 2 heterocycles. The van der Waals surface area contributed by atoms with Crippen molar-refractivity contribution in [2.24, 2.45) is 0 Å². The van der Waals surface area contributed by atoms with E-state index in [2.05, 4.69) is 10.3 Å². The first-order valence-corrected chi connectivity index (χ1v) is 5.41. The molecular formula is C9H12N2O2S. The summed E-state index contributed by atoms with van der Waals surface area (Å²) in [6.45, 7) is 3.68. The summed E-state index contributed by atoms with van der Waals surface area (Å²) in [7, 11) is 0. The summed E-state index contributed by atoms with van der Waals surface area (Å²) in [5, 5.41) is 13.1. The van der Waals surface area contributed by atoms with E-state index >= 15 is 0 Å². The maximum Gasteiger partial charge on any atom is 0.347 e. The van der Waals surface area contributed by atoms with Crippen LogP contribution in [0.15, 0.2) is 0 Å². The molecule has 0 spiro atoms. The van der Waals surface area contributed by atoms with Crippen molar-refractivity contribution < 1.29 is 9.90 Å². The van der Waals surface area contributed by atoms with Crippen LogP contribution in [-0.4, -0.2) is 29.1 Å². The van der Waals surface area contributed by atoms with Gasteiger partial charge in [0.25, 0.3) is 0 Å². The number of carbonyl (C=O) groups is 1. The Labute approximate surface area is 86.0 Å². The van der Waals surface area contributed by atoms with Gasteiger partial charge in [-0.25, -0.2) is 9.78 Å². The lowest BCUT2D eigenvalue weighted by Gasteiger charge is -2.01. The van der Waals surface area contributed by atoms with Crippen molar-refractivity contribution in [1.29, 1.82) is 0 Å². The Bertz CT molecular complexity index is 356. The second-order valence-corrected chi connectivity index (χ2v) is 4.49. The first-order valence-electron chi connectivity index (χ1n) is 4.60. The first-order chi connectivity index (χ1) is 6.68. The van der Waals surface area contributed by atoms with Crippen LogP contribution in [0.25, 0.3) is 0 Å². The number of nitrogens with zero attached hydrogens (tertiary/aromatic N) is 1. The highest BCUT2D eigenvalue weighted by atomic mass is 32.1. The number of hydrogen-bond donors (Lipinski definition) is 2. The molecule has 0 amide bonds. The van der Waals surface area contributed by atoms with Gasteiger partial charge in [-0.1, -0.05) is 0 Å². The number of carboxylic acid groups (broad SMARTS) is 1. The SMILES string of the molecule is Cc1nc(C2CCNC2)sc1C(=O)O. The van der Waals surface area contributed by atoms with Gasteiger partial charge < -0.3 is 10.4 Å². The zero-order valence-electron chi connectivity index (χ0n) is 7.91. The predicted octanol–water partition coefficient (Wildman–Crippen LogP) is 1.23. The van der Waals surface area contributed by atoms with Crippen molar-refractivity contribution in [3.63, 3.8) is 0 Å². The summed E-state index contributed by atoms with van der Waals surface area (Å²) in [6.07, 6.45) is 1.06. The molecule has 0 bridgehead atoms. The van der Waals surface area contributed by atoms with E-state index in [4.69, 9.17) is 5.11 Å². The highest BCUT2D eigenvalue weighted by Gasteiger charge is 2.23. The molecule has 4 nitrogen and oxygen atoms in total. The summed E-state index contributed by atoms with van der Waals surface area (Å²) >= 11 is 1.31. The van der Waals surface area contributed by atoms with Gasteiger partial charge in [0.1, 0.15) is 4.88 Å². The Hall–Kier alpha value is -0.940. The van der Waals surface area contributed by atoms with Crippen molar-refractivity contribution in [2.45, 2.75) is 19.3 Å². The van der Waals surface area contributed by atoms with E-state index in [9.17, 15) is 4.79 Å². The molecule has 1 aliphatic heterocycles. The molecule has 0 aromatic carbocycles. The molecule has 76 valence electrons. The van der Waals surface area contributed by atoms with E-state index in [1.54, 1.807) is 6.92 Å². The maximum atomic E-state index is 10.8. The number of rotatable bonds is 2. The first kappa shape index (κ1) is 9.61. The number of hydrogen-bond acceptors (Lipinski definition) is 4. The zero-order valence-corrected chi connectivity index (χ0v) is 8.73. The van der Waals surface area contributed by atoms with Crippen molar-refractivity contribution in [3.05, 3.63) is 15.6 Å². The van der Waals surface area contributed by atoms with Gasteiger partial charge in [-0.15, -0.1) is 11.3 Å². The lowest BCUT2D eigenvalue weighted by molar-refractivity contribution is 0.0701. The fraction of sp³-hybridized carbons (Fsp3) is 0.556. The number of nitrogens with one attached hydrogen (secondary N) is 1. The summed E-state index contributed by atoms with van der Waals surface area (Å²) in [5.41, 5.74) is 0.643. The molecule has 2 N–H and O–H groups in total. The Morgan fingerprint density at radius 2 is 2.50 bits per heavy atom. The Morgan fingerprint density at radius 3 is 3.00 bits per heavy atom. The van der Waals surface area contributed by atoms with E-state index in [-0.39, 0.29) is 0 Å². The van der Waals surface area contributed by atoms with Crippen LogP contribution in [0.1, 0.15) is 32.7 Å². The van der Waals surface area contributed by atoms with Gasteiger partial charge in [0.05, 0.1) is 10.7 Å². The second-order valence-electron chi connectivity index (χ2n) is 3.46. The number of aryl methyl sites for hydroxylation is 1. The predicted molar refractivity (Wildman–Crippen MR) is 54.0 cm³/mol. The molecule has 0 saturated carbocycles. The van der Waals surface area contributed by atoms with Crippen LogP contribution in [0.4, 0.5) is 0 Å². The molecule has 1 aromatic heterocycles. The molecule has 1 aromatic rings. The van der Waals surface area contributed by atoms with E-state index in [1.165, 1.54) is 11.3 Å². The Morgan fingerprint density at radius 1 is 1.71 bits per heavy atom. The van der Waals surface area contributed by atoms with E-state index < -0.39 is 5.97 Å². The van der Waals surface area contributed by atoms with E-state index in [0.29, 0.717) is 16.5 Å². The van der Waals surface area contributed by atoms with E-state index in [1.807, 2.05) is 0 Å². The van der Waals surface area contributed by atoms with Crippen LogP contribution in [-0.2, 0) is 0 Å². The van der Waals surface area contributed by atoms with Crippen LogP contribution in [0.5, 0.6) is 0 Å². The number of carboxylic acids is 1. The minimum atomic E-state index is -0.864. The third-order valence-electron chi connectivity index (χ3n) is 2.42. The van der Waals surface area contributed by atoms with E-state index in [0.717, 1.165) is 24.5 Å². The lowest BCUT2D eigenvalue weighted by Crippen LogP contribution is -2.07. The molecule has 1 saturated heterocycles. The molecule has 5 heteroatoms. The molecule has 14 heavy (non-hydrogen) atoms.